The number of hydrogen-bond donors (Lipinski definition) is 2. The average Bonchev–Trinajstić information content (AvgIpc) is 3.32. The normalized spacial score (nSPS) is 10.5. The van der Waals surface area contributed by atoms with Crippen LogP contribution in [-0.4, -0.2) is 16.0 Å². The van der Waals surface area contributed by atoms with Crippen molar-refractivity contribution in [2.45, 2.75) is 26.2 Å². The molecule has 0 aliphatic heterocycles. The van der Waals surface area contributed by atoms with Gasteiger partial charge in [0.1, 0.15) is 5.69 Å². The summed E-state index contributed by atoms with van der Waals surface area (Å²) in [6, 6.07) is 21.5. The first kappa shape index (κ1) is 22.6. The van der Waals surface area contributed by atoms with Crippen LogP contribution in [0.1, 0.15) is 37.0 Å². The Morgan fingerprint density at radius 2 is 1.86 bits per heavy atom. The summed E-state index contributed by atoms with van der Waals surface area (Å²) in [4.78, 5) is 15.1. The Morgan fingerprint density at radius 3 is 2.43 bits per heavy atom. The Bertz CT molecular complexity index is 970. The summed E-state index contributed by atoms with van der Waals surface area (Å²) < 4.78 is 4.89. The molecule has 6 heteroatoms. The smallest absolute Gasteiger partial charge is 0.470 e. The van der Waals surface area contributed by atoms with Crippen molar-refractivity contribution >= 4 is 22.5 Å². The fourth-order valence-electron chi connectivity index (χ4n) is 2.40. The van der Waals surface area contributed by atoms with Gasteiger partial charge in [0.25, 0.3) is 5.91 Å². The van der Waals surface area contributed by atoms with Crippen molar-refractivity contribution in [1.82, 2.24) is 10.1 Å². The van der Waals surface area contributed by atoms with Crippen LogP contribution in [0.5, 0.6) is 0 Å². The van der Waals surface area contributed by atoms with E-state index in [2.05, 4.69) is 48.5 Å². The number of H-pyrrole nitrogens is 1. The summed E-state index contributed by atoms with van der Waals surface area (Å²) in [5.41, 5.74) is 2.35. The first-order chi connectivity index (χ1) is 12.9. The Labute approximate surface area is 207 Å². The number of nitrogens with one attached hydrogen (secondary N) is 2. The number of benzene rings is 2. The van der Waals surface area contributed by atoms with Crippen LogP contribution in [0.25, 0.3) is 10.9 Å². The number of rotatable bonds is 2. The van der Waals surface area contributed by atoms with Gasteiger partial charge in [-0.3, -0.25) is 4.79 Å². The van der Waals surface area contributed by atoms with Gasteiger partial charge in [-0.05, 0) is 23.3 Å². The van der Waals surface area contributed by atoms with E-state index in [1.165, 1.54) is 0 Å². The van der Waals surface area contributed by atoms with Gasteiger partial charge >= 0.3 is 51.4 Å². The molecule has 0 fully saturated rings. The number of aromatic nitrogens is 2. The summed E-state index contributed by atoms with van der Waals surface area (Å²) in [5.74, 6) is 0.736. The van der Waals surface area contributed by atoms with Gasteiger partial charge in [0.15, 0.2) is 0 Å². The van der Waals surface area contributed by atoms with E-state index >= 15 is 0 Å². The number of anilines is 1. The molecule has 138 valence electrons. The monoisotopic (exact) mass is 398 g/mol. The molecule has 0 bridgehead atoms. The summed E-state index contributed by atoms with van der Waals surface area (Å²) in [6.45, 7) is 6.21. The number of para-hydroxylation sites is 1. The second-order valence-corrected chi connectivity index (χ2v) is 7.08. The van der Waals surface area contributed by atoms with Crippen molar-refractivity contribution in [1.29, 1.82) is 0 Å². The van der Waals surface area contributed by atoms with Crippen LogP contribution >= 0.6 is 0 Å². The van der Waals surface area contributed by atoms with E-state index in [0.717, 1.165) is 22.4 Å². The van der Waals surface area contributed by atoms with Gasteiger partial charge in [0, 0.05) is 10.9 Å². The minimum atomic E-state index is -0.141. The maximum atomic E-state index is 12.0. The third-order valence-electron chi connectivity index (χ3n) is 3.88. The second-order valence-electron chi connectivity index (χ2n) is 7.08. The minimum absolute atomic E-state index is 0. The summed E-state index contributed by atoms with van der Waals surface area (Å²) in [5, 5.41) is 7.35. The van der Waals surface area contributed by atoms with Crippen LogP contribution in [0.4, 0.5) is 5.69 Å². The number of fused-ring (bicyclic) bond motifs is 1. The second kappa shape index (κ2) is 10.2. The number of carbonyl (C=O) groups is 1. The van der Waals surface area contributed by atoms with Crippen molar-refractivity contribution < 1.29 is 60.7 Å². The standard InChI is InChI=1S/C15H11N2O.C7H10NO.K/c18-15(16-12-7-2-1-3-8-12)14-10-11-6-4-5-9-13(11)17-14;1-7(2,3)6-4-5-8-9-6;/h2-10,17H,(H,16,18);4H,1-3H3;/q2*-1;+1. The number of carbonyl (C=O) groups excluding carboxylic acids is 1. The van der Waals surface area contributed by atoms with E-state index in [1.807, 2.05) is 30.3 Å². The Morgan fingerprint density at radius 1 is 1.14 bits per heavy atom. The Hall–Kier alpha value is -1.70. The fraction of sp³-hybridized carbons (Fsp3) is 0.182. The first-order valence-electron chi connectivity index (χ1n) is 8.62. The molecule has 4 rings (SSSR count). The number of nitrogens with zero attached hydrogens (tertiary/aromatic N) is 1. The minimum Gasteiger partial charge on any atom is -0.470 e. The first-order valence-corrected chi connectivity index (χ1v) is 8.62. The van der Waals surface area contributed by atoms with Crippen LogP contribution in [0.3, 0.4) is 0 Å². The molecule has 4 aromatic rings. The molecular weight excluding hydrogens is 377 g/mol. The van der Waals surface area contributed by atoms with Gasteiger partial charge in [-0.2, -0.15) is 24.3 Å². The number of aromatic amines is 1. The SMILES string of the molecule is CC(C)(C)c1c[c-]no1.O=C(Nc1cc[c-]cc1)c1cc2ccccc2[nH]1.[K+]. The third-order valence-corrected chi connectivity index (χ3v) is 3.88. The summed E-state index contributed by atoms with van der Waals surface area (Å²) in [7, 11) is 0. The van der Waals surface area contributed by atoms with Crippen LogP contribution in [0, 0.1) is 12.3 Å². The zero-order valence-corrected chi connectivity index (χ0v) is 19.7. The van der Waals surface area contributed by atoms with E-state index in [9.17, 15) is 4.79 Å². The van der Waals surface area contributed by atoms with Gasteiger partial charge in [0.05, 0.1) is 0 Å². The maximum absolute atomic E-state index is 12.0. The van der Waals surface area contributed by atoms with Crippen molar-refractivity contribution in [2.75, 3.05) is 5.32 Å². The zero-order chi connectivity index (χ0) is 19.3. The third kappa shape index (κ3) is 6.15. The van der Waals surface area contributed by atoms with Crippen LogP contribution < -0.4 is 56.7 Å². The number of amides is 1. The molecule has 2 heterocycles. The molecule has 0 atom stereocenters. The van der Waals surface area contributed by atoms with Gasteiger partial charge in [-0.1, -0.05) is 44.7 Å². The molecule has 28 heavy (non-hydrogen) atoms. The Balaban J connectivity index is 0.000000239. The van der Waals surface area contributed by atoms with Gasteiger partial charge in [-0.15, -0.1) is 18.3 Å². The van der Waals surface area contributed by atoms with E-state index in [-0.39, 0.29) is 62.7 Å². The number of hydrogen-bond acceptors (Lipinski definition) is 3. The summed E-state index contributed by atoms with van der Waals surface area (Å²) in [6.07, 6.45) is 2.62. The molecule has 0 radical (unpaired) electrons. The van der Waals surface area contributed by atoms with Gasteiger partial charge < -0.3 is 14.8 Å². The van der Waals surface area contributed by atoms with Crippen molar-refractivity contribution in [3.8, 4) is 0 Å². The fourth-order valence-corrected chi connectivity index (χ4v) is 2.40. The van der Waals surface area contributed by atoms with Crippen molar-refractivity contribution in [3.05, 3.63) is 84.4 Å². The average molecular weight is 399 g/mol. The Kier molecular flexibility index (Phi) is 8.21. The molecule has 0 saturated heterocycles. The molecule has 1 amide bonds. The molecule has 5 nitrogen and oxygen atoms in total. The van der Waals surface area contributed by atoms with Gasteiger partial charge in [-0.25, -0.2) is 5.16 Å². The van der Waals surface area contributed by atoms with Crippen molar-refractivity contribution in [3.63, 3.8) is 0 Å². The summed E-state index contributed by atoms with van der Waals surface area (Å²) >= 11 is 0. The molecule has 0 saturated carbocycles. The molecule has 2 aromatic heterocycles. The molecule has 0 spiro atoms. The molecular formula is C22H21KN3O2-. The molecule has 2 N–H and O–H groups in total. The predicted octanol–water partition coefficient (Wildman–Crippen LogP) is 2.00. The maximum Gasteiger partial charge on any atom is 1.00 e. The van der Waals surface area contributed by atoms with Crippen LogP contribution in [-0.2, 0) is 5.41 Å². The van der Waals surface area contributed by atoms with Crippen LogP contribution in [0.15, 0.2) is 65.2 Å². The molecule has 0 aliphatic rings. The zero-order valence-electron chi connectivity index (χ0n) is 16.5. The molecule has 2 aromatic carbocycles. The predicted molar refractivity (Wildman–Crippen MR) is 106 cm³/mol. The van der Waals surface area contributed by atoms with E-state index in [4.69, 9.17) is 4.52 Å². The molecule has 0 unspecified atom stereocenters. The van der Waals surface area contributed by atoms with E-state index in [1.54, 1.807) is 30.3 Å². The van der Waals surface area contributed by atoms with Crippen LogP contribution in [0.2, 0.25) is 0 Å². The van der Waals surface area contributed by atoms with E-state index < -0.39 is 0 Å². The topological polar surface area (TPSA) is 70.9 Å². The largest absolute Gasteiger partial charge is 1.00 e. The van der Waals surface area contributed by atoms with Gasteiger partial charge in [0.2, 0.25) is 0 Å². The van der Waals surface area contributed by atoms with Crippen molar-refractivity contribution in [2.24, 2.45) is 0 Å². The quantitative estimate of drug-likeness (QED) is 0.401. The van der Waals surface area contributed by atoms with E-state index in [0.29, 0.717) is 5.69 Å². The molecule has 0 aliphatic carbocycles.